The molecular formula is C26H30N2O5. The first-order chi connectivity index (χ1) is 15.9. The molecule has 0 aliphatic heterocycles. The van der Waals surface area contributed by atoms with Crippen LogP contribution in [-0.2, 0) is 14.3 Å². The first-order valence-electron chi connectivity index (χ1n) is 11.5. The Morgan fingerprint density at radius 3 is 2.15 bits per heavy atom. The van der Waals surface area contributed by atoms with Crippen molar-refractivity contribution in [2.24, 2.45) is 0 Å². The zero-order chi connectivity index (χ0) is 23.6. The number of carbonyl (C=O) groups excluding carboxylic acids is 2. The molecule has 0 radical (unpaired) electrons. The van der Waals surface area contributed by atoms with Gasteiger partial charge in [-0.15, -0.1) is 0 Å². The number of carboxylic acid groups (broad SMARTS) is 1. The molecule has 7 nitrogen and oxygen atoms in total. The van der Waals surface area contributed by atoms with Gasteiger partial charge in [0, 0.05) is 18.5 Å². The smallest absolute Gasteiger partial charge is 0.408 e. The van der Waals surface area contributed by atoms with Gasteiger partial charge in [0.05, 0.1) is 6.42 Å². The van der Waals surface area contributed by atoms with Crippen LogP contribution in [0.1, 0.15) is 56.6 Å². The summed E-state index contributed by atoms with van der Waals surface area (Å²) in [6, 6.07) is 15.8. The van der Waals surface area contributed by atoms with Crippen LogP contribution in [0.15, 0.2) is 48.5 Å². The lowest BCUT2D eigenvalue weighted by molar-refractivity contribution is -0.146. The van der Waals surface area contributed by atoms with Crippen LogP contribution in [-0.4, -0.2) is 52.7 Å². The second-order valence-corrected chi connectivity index (χ2v) is 8.92. The molecule has 0 aromatic heterocycles. The molecule has 4 rings (SSSR count). The van der Waals surface area contributed by atoms with Crippen molar-refractivity contribution in [2.45, 2.75) is 57.0 Å². The first-order valence-corrected chi connectivity index (χ1v) is 11.5. The predicted molar refractivity (Wildman–Crippen MR) is 124 cm³/mol. The van der Waals surface area contributed by atoms with Gasteiger partial charge in [-0.2, -0.15) is 0 Å². The maximum absolute atomic E-state index is 13.3. The van der Waals surface area contributed by atoms with Gasteiger partial charge in [-0.25, -0.2) is 4.79 Å². The number of likely N-dealkylation sites (N-methyl/N-ethyl adjacent to an activating group) is 1. The molecule has 2 N–H and O–H groups in total. The van der Waals surface area contributed by atoms with Gasteiger partial charge in [0.2, 0.25) is 5.91 Å². The van der Waals surface area contributed by atoms with Crippen LogP contribution in [0.5, 0.6) is 0 Å². The van der Waals surface area contributed by atoms with Gasteiger partial charge >= 0.3 is 12.1 Å². The Balaban J connectivity index is 1.44. The van der Waals surface area contributed by atoms with Crippen molar-refractivity contribution < 1.29 is 24.2 Å². The van der Waals surface area contributed by atoms with Crippen molar-refractivity contribution in [3.05, 3.63) is 59.7 Å². The van der Waals surface area contributed by atoms with Gasteiger partial charge in [-0.1, -0.05) is 48.5 Å². The molecule has 1 unspecified atom stereocenters. The van der Waals surface area contributed by atoms with Crippen LogP contribution >= 0.6 is 0 Å². The summed E-state index contributed by atoms with van der Waals surface area (Å²) in [4.78, 5) is 38.7. The van der Waals surface area contributed by atoms with E-state index in [-0.39, 0.29) is 24.9 Å². The minimum atomic E-state index is -1.02. The van der Waals surface area contributed by atoms with Crippen LogP contribution < -0.4 is 5.32 Å². The molecule has 2 aliphatic carbocycles. The zero-order valence-electron chi connectivity index (χ0n) is 19.0. The highest BCUT2D eigenvalue weighted by Gasteiger charge is 2.48. The molecule has 0 bridgehead atoms. The summed E-state index contributed by atoms with van der Waals surface area (Å²) in [5.41, 5.74) is 3.53. The second-order valence-electron chi connectivity index (χ2n) is 8.92. The molecule has 2 aliphatic rings. The molecule has 0 saturated heterocycles. The molecular weight excluding hydrogens is 420 g/mol. The quantitative estimate of drug-likeness (QED) is 0.630. The van der Waals surface area contributed by atoms with Crippen molar-refractivity contribution in [3.8, 4) is 11.1 Å². The van der Waals surface area contributed by atoms with Crippen LogP contribution in [0.4, 0.5) is 4.79 Å². The van der Waals surface area contributed by atoms with Crippen molar-refractivity contribution >= 4 is 18.0 Å². The lowest BCUT2D eigenvalue weighted by atomic mass is 9.75. The van der Waals surface area contributed by atoms with E-state index >= 15 is 0 Å². The van der Waals surface area contributed by atoms with E-state index < -0.39 is 23.6 Å². The van der Waals surface area contributed by atoms with E-state index in [1.54, 1.807) is 6.92 Å². The number of rotatable bonds is 8. The minimum Gasteiger partial charge on any atom is -0.481 e. The fourth-order valence-corrected chi connectivity index (χ4v) is 5.05. The van der Waals surface area contributed by atoms with Gasteiger partial charge in [0.25, 0.3) is 0 Å². The summed E-state index contributed by atoms with van der Waals surface area (Å²) >= 11 is 0. The summed E-state index contributed by atoms with van der Waals surface area (Å²) in [6.45, 7) is 4.09. The Kier molecular flexibility index (Phi) is 6.40. The van der Waals surface area contributed by atoms with Crippen LogP contribution in [0.25, 0.3) is 11.1 Å². The second kappa shape index (κ2) is 9.25. The number of hydrogen-bond donors (Lipinski definition) is 2. The zero-order valence-corrected chi connectivity index (χ0v) is 19.0. The molecule has 2 aromatic rings. The number of amides is 2. The topological polar surface area (TPSA) is 95.9 Å². The third-order valence-corrected chi connectivity index (χ3v) is 6.91. The number of benzene rings is 2. The van der Waals surface area contributed by atoms with Gasteiger partial charge in [0.15, 0.2) is 0 Å². The lowest BCUT2D eigenvalue weighted by Crippen LogP contribution is -2.64. The van der Waals surface area contributed by atoms with E-state index in [1.165, 1.54) is 4.90 Å². The van der Waals surface area contributed by atoms with Gasteiger partial charge in [0.1, 0.15) is 12.1 Å². The summed E-state index contributed by atoms with van der Waals surface area (Å²) in [5.74, 6) is -1.25. The number of carbonyl (C=O) groups is 3. The summed E-state index contributed by atoms with van der Waals surface area (Å²) in [5, 5.41) is 11.9. The highest BCUT2D eigenvalue weighted by Crippen LogP contribution is 2.44. The molecule has 1 saturated carbocycles. The van der Waals surface area contributed by atoms with Crippen molar-refractivity contribution in [1.82, 2.24) is 10.2 Å². The molecule has 33 heavy (non-hydrogen) atoms. The van der Waals surface area contributed by atoms with E-state index in [9.17, 15) is 14.4 Å². The highest BCUT2D eigenvalue weighted by atomic mass is 16.5. The number of fused-ring (bicyclic) bond motifs is 3. The lowest BCUT2D eigenvalue weighted by Gasteiger charge is -2.44. The van der Waals surface area contributed by atoms with Gasteiger partial charge in [-0.05, 0) is 55.4 Å². The third kappa shape index (κ3) is 4.32. The maximum Gasteiger partial charge on any atom is 0.408 e. The van der Waals surface area contributed by atoms with Crippen molar-refractivity contribution in [2.75, 3.05) is 13.2 Å². The molecule has 2 amide bonds. The van der Waals surface area contributed by atoms with E-state index in [4.69, 9.17) is 9.84 Å². The normalized spacial score (nSPS) is 16.7. The average molecular weight is 451 g/mol. The SMILES string of the molecule is CCN(C(=O)C1(NC(=O)OCC2c3ccccc3-c3ccccc32)CCC1)C(C)CC(=O)O. The van der Waals surface area contributed by atoms with Crippen LogP contribution in [0.3, 0.4) is 0 Å². The number of alkyl carbamates (subject to hydrolysis) is 1. The molecule has 1 atom stereocenters. The Labute approximate surface area is 193 Å². The molecule has 0 spiro atoms. The monoisotopic (exact) mass is 450 g/mol. The Bertz CT molecular complexity index is 1020. The van der Waals surface area contributed by atoms with E-state index in [2.05, 4.69) is 29.6 Å². The number of nitrogens with zero attached hydrogens (tertiary/aromatic N) is 1. The van der Waals surface area contributed by atoms with Gasteiger partial charge < -0.3 is 20.1 Å². The Morgan fingerprint density at radius 1 is 1.09 bits per heavy atom. The average Bonchev–Trinajstić information content (AvgIpc) is 3.08. The molecule has 1 fully saturated rings. The van der Waals surface area contributed by atoms with Crippen LogP contribution in [0, 0.1) is 0 Å². The maximum atomic E-state index is 13.3. The number of hydrogen-bond acceptors (Lipinski definition) is 4. The predicted octanol–water partition coefficient (Wildman–Crippen LogP) is 4.16. The summed E-state index contributed by atoms with van der Waals surface area (Å²) < 4.78 is 5.64. The largest absolute Gasteiger partial charge is 0.481 e. The van der Waals surface area contributed by atoms with Crippen molar-refractivity contribution in [3.63, 3.8) is 0 Å². The van der Waals surface area contributed by atoms with E-state index in [0.717, 1.165) is 28.7 Å². The third-order valence-electron chi connectivity index (χ3n) is 6.91. The first kappa shape index (κ1) is 22.8. The van der Waals surface area contributed by atoms with Gasteiger partial charge in [-0.3, -0.25) is 9.59 Å². The van der Waals surface area contributed by atoms with E-state index in [0.29, 0.717) is 19.4 Å². The molecule has 7 heteroatoms. The standard InChI is InChI=1S/C26H30N2O5/c1-3-28(17(2)15-23(29)30)24(31)26(13-8-14-26)27-25(32)33-16-22-20-11-6-4-9-18(20)19-10-5-7-12-21(19)22/h4-7,9-12,17,22H,3,8,13-16H2,1-2H3,(H,27,32)(H,29,30). The van der Waals surface area contributed by atoms with Crippen LogP contribution in [0.2, 0.25) is 0 Å². The molecule has 174 valence electrons. The number of aliphatic carboxylic acids is 1. The molecule has 2 aromatic carbocycles. The van der Waals surface area contributed by atoms with E-state index in [1.807, 2.05) is 31.2 Å². The number of nitrogens with one attached hydrogen (secondary N) is 1. The summed E-state index contributed by atoms with van der Waals surface area (Å²) in [6.07, 6.45) is 1.10. The summed E-state index contributed by atoms with van der Waals surface area (Å²) in [7, 11) is 0. The highest BCUT2D eigenvalue weighted by molar-refractivity contribution is 5.91. The number of ether oxygens (including phenoxy) is 1. The fourth-order valence-electron chi connectivity index (χ4n) is 5.05. The Morgan fingerprint density at radius 2 is 1.67 bits per heavy atom. The Hall–Kier alpha value is -3.35. The molecule has 0 heterocycles. The van der Waals surface area contributed by atoms with Crippen molar-refractivity contribution in [1.29, 1.82) is 0 Å². The fraction of sp³-hybridized carbons (Fsp3) is 0.423. The number of carboxylic acids is 1. The minimum absolute atomic E-state index is 0.0566.